The Kier molecular flexibility index (Phi) is 27.8. The highest BCUT2D eigenvalue weighted by atomic mass is 35.5. The van der Waals surface area contributed by atoms with Crippen LogP contribution in [0, 0.1) is 11.8 Å². The molecular formula is C73H95Cl2N13O12. The van der Waals surface area contributed by atoms with Crippen LogP contribution in [-0.2, 0) is 83.2 Å². The molecule has 0 saturated carbocycles. The van der Waals surface area contributed by atoms with E-state index in [0.29, 0.717) is 64.7 Å². The van der Waals surface area contributed by atoms with Crippen molar-refractivity contribution in [1.82, 2.24) is 65.5 Å². The Balaban J connectivity index is 1.32. The molecule has 3 heterocycles. The number of para-hydroxylation sites is 1. The Hall–Kier alpha value is -9.36. The van der Waals surface area contributed by atoms with Crippen LogP contribution < -0.4 is 21.3 Å². The molecule has 2 saturated heterocycles. The normalized spacial score (nSPS) is 23.2. The van der Waals surface area contributed by atoms with Gasteiger partial charge in [-0.2, -0.15) is 0 Å². The zero-order chi connectivity index (χ0) is 73.4. The standard InChI is InChI=1S/C73H95Cl2N13O12/c1-13-45(4)64-73(100)83(8)42-62(91)81(6)43-63(92)85(10)58(37-48-28-30-51(74)31-29-48)71(98)82(7)41-60(89)77-55(35-49-24-21-25-52(75)34-49)67(94)78-56(38-50-40-76-54-27-18-17-26-53(50)54)69(96)86(11)59(36-47-22-15-14-16-23-47)72(99)87(12)65(44(2)3)68(95)79-57(70(97)88-32-19-20-33-88)39-61(90)84(9)46(5)66(93)80-64/h14-18,21-31,34,40,44-46,55-59,64-65,76H,13,19-20,32-33,35-39,41-43H2,1-12H3,(H,77,89)(H,78,94)(H,79,95)(H,80,93)/t45-,46-,55-,56-,57-,58-,59-,64-,65-/m0/s1. The number of H-pyrrole nitrogens is 1. The van der Waals surface area contributed by atoms with E-state index in [2.05, 4.69) is 26.3 Å². The fraction of sp³-hybridized carbons (Fsp3) is 0.479. The lowest BCUT2D eigenvalue weighted by Gasteiger charge is -2.38. The third-order valence-corrected chi connectivity index (χ3v) is 19.6. The Morgan fingerprint density at radius 2 is 1.12 bits per heavy atom. The van der Waals surface area contributed by atoms with Crippen molar-refractivity contribution in [2.75, 3.05) is 82.1 Å². The largest absolute Gasteiger partial charge is 0.361 e. The first-order valence-corrected chi connectivity index (χ1v) is 34.5. The van der Waals surface area contributed by atoms with E-state index in [1.165, 1.54) is 66.1 Å². The molecule has 1 aromatic heterocycles. The first kappa shape index (κ1) is 78.0. The minimum absolute atomic E-state index is 0.0782. The fourth-order valence-corrected chi connectivity index (χ4v) is 12.9. The van der Waals surface area contributed by atoms with Crippen molar-refractivity contribution < 1.29 is 57.5 Å². The summed E-state index contributed by atoms with van der Waals surface area (Å²) >= 11 is 12.7. The summed E-state index contributed by atoms with van der Waals surface area (Å²) in [5, 5.41) is 12.8. The fourth-order valence-electron chi connectivity index (χ4n) is 12.5. The number of hydrogen-bond donors (Lipinski definition) is 5. The van der Waals surface area contributed by atoms with E-state index in [1.54, 1.807) is 111 Å². The van der Waals surface area contributed by atoms with Crippen LogP contribution in [0.2, 0.25) is 10.0 Å². The second kappa shape index (κ2) is 35.6. The second-order valence-electron chi connectivity index (χ2n) is 26.7. The van der Waals surface area contributed by atoms with Crippen LogP contribution in [0.25, 0.3) is 10.9 Å². The van der Waals surface area contributed by atoms with Crippen molar-refractivity contribution in [3.05, 3.63) is 142 Å². The van der Waals surface area contributed by atoms with E-state index in [4.69, 9.17) is 23.2 Å². The van der Waals surface area contributed by atoms with Crippen LogP contribution in [0.1, 0.15) is 82.6 Å². The Morgan fingerprint density at radius 3 is 1.76 bits per heavy atom. The molecule has 7 rings (SSSR count). The van der Waals surface area contributed by atoms with Crippen LogP contribution >= 0.6 is 23.2 Å². The molecule has 538 valence electrons. The number of hydrogen-bond acceptors (Lipinski definition) is 12. The molecule has 0 bridgehead atoms. The summed E-state index contributed by atoms with van der Waals surface area (Å²) in [6.45, 7) is 7.33. The predicted molar refractivity (Wildman–Crippen MR) is 380 cm³/mol. The lowest BCUT2D eigenvalue weighted by Crippen LogP contribution is -2.61. The van der Waals surface area contributed by atoms with Gasteiger partial charge in [-0.1, -0.05) is 130 Å². The molecule has 2 aliphatic heterocycles. The van der Waals surface area contributed by atoms with Crippen molar-refractivity contribution in [3.8, 4) is 0 Å². The number of carbonyl (C=O) groups excluding carboxylic acids is 12. The van der Waals surface area contributed by atoms with Crippen LogP contribution in [0.5, 0.6) is 0 Å². The van der Waals surface area contributed by atoms with Crippen molar-refractivity contribution >= 4 is 105 Å². The molecule has 2 aliphatic rings. The Labute approximate surface area is 594 Å². The van der Waals surface area contributed by atoms with E-state index in [1.807, 2.05) is 31.2 Å². The van der Waals surface area contributed by atoms with E-state index in [-0.39, 0.29) is 25.7 Å². The third kappa shape index (κ3) is 20.2. The van der Waals surface area contributed by atoms with Crippen LogP contribution in [-0.4, -0.2) is 245 Å². The number of likely N-dealkylation sites (tertiary alicyclic amines) is 1. The molecular weight excluding hydrogens is 1320 g/mol. The number of rotatable bonds is 12. The van der Waals surface area contributed by atoms with Crippen LogP contribution in [0.4, 0.5) is 0 Å². The molecule has 25 nitrogen and oxygen atoms in total. The van der Waals surface area contributed by atoms with Gasteiger partial charge in [-0.15, -0.1) is 0 Å². The molecule has 0 unspecified atom stereocenters. The number of amides is 12. The van der Waals surface area contributed by atoms with Gasteiger partial charge >= 0.3 is 0 Å². The van der Waals surface area contributed by atoms with Gasteiger partial charge in [-0.25, -0.2) is 0 Å². The van der Waals surface area contributed by atoms with Crippen molar-refractivity contribution in [2.24, 2.45) is 11.8 Å². The number of aromatic nitrogens is 1. The van der Waals surface area contributed by atoms with E-state index >= 15 is 19.2 Å². The topological polar surface area (TPSA) is 295 Å². The minimum atomic E-state index is -1.48. The molecule has 27 heteroatoms. The maximum Gasteiger partial charge on any atom is 0.246 e. The van der Waals surface area contributed by atoms with Gasteiger partial charge in [0.1, 0.15) is 48.3 Å². The van der Waals surface area contributed by atoms with E-state index in [9.17, 15) is 38.4 Å². The highest BCUT2D eigenvalue weighted by Crippen LogP contribution is 2.25. The number of halogens is 2. The summed E-state index contributed by atoms with van der Waals surface area (Å²) in [5.74, 6) is -9.76. The number of nitrogens with zero attached hydrogens (tertiary/aromatic N) is 8. The zero-order valence-corrected chi connectivity index (χ0v) is 60.6. The maximum absolute atomic E-state index is 15.8. The minimum Gasteiger partial charge on any atom is -0.361 e. The molecule has 5 N–H and O–H groups in total. The average Bonchev–Trinajstić information content (AvgIpc) is 1.13. The molecule has 5 aromatic rings. The smallest absolute Gasteiger partial charge is 0.246 e. The molecule has 4 aromatic carbocycles. The summed E-state index contributed by atoms with van der Waals surface area (Å²) in [7, 11) is 9.64. The number of likely N-dealkylation sites (N-methyl/N-ethyl adjacent to an activating group) is 7. The SMILES string of the molecule is CC[C@H](C)[C@@H]1NC(=O)[C@H](C)N(C)C(=O)C[C@@H](C(=O)N2CCCC2)NC(=O)[C@H](C(C)C)N(C)C(=O)[C@H](Cc2ccccc2)N(C)C(=O)[C@H](Cc2c[nH]c3ccccc23)NC(=O)[C@H](Cc2cccc(Cl)c2)NC(=O)CN(C)C(=O)[C@H](Cc2ccc(Cl)cc2)N(C)C(=O)CN(C)C(=O)CN(C)C1=O. The van der Waals surface area contributed by atoms with Gasteiger partial charge in [0.15, 0.2) is 0 Å². The number of fused-ring (bicyclic) bond motifs is 1. The van der Waals surface area contributed by atoms with Crippen molar-refractivity contribution in [2.45, 2.75) is 134 Å². The van der Waals surface area contributed by atoms with Crippen molar-refractivity contribution in [1.29, 1.82) is 0 Å². The molecule has 0 radical (unpaired) electrons. The molecule has 100 heavy (non-hydrogen) atoms. The van der Waals surface area contributed by atoms with Gasteiger partial charge < -0.3 is 65.5 Å². The highest BCUT2D eigenvalue weighted by Gasteiger charge is 2.43. The average molecular weight is 1420 g/mol. The highest BCUT2D eigenvalue weighted by molar-refractivity contribution is 6.31. The van der Waals surface area contributed by atoms with Gasteiger partial charge in [0.2, 0.25) is 70.9 Å². The molecule has 0 spiro atoms. The predicted octanol–water partition coefficient (Wildman–Crippen LogP) is 4.12. The van der Waals surface area contributed by atoms with Crippen molar-refractivity contribution in [3.63, 3.8) is 0 Å². The lowest BCUT2D eigenvalue weighted by molar-refractivity contribution is -0.150. The number of benzene rings is 4. The first-order valence-electron chi connectivity index (χ1n) is 33.7. The van der Waals surface area contributed by atoms with E-state index in [0.717, 1.165) is 35.4 Å². The van der Waals surface area contributed by atoms with Gasteiger partial charge in [0.25, 0.3) is 0 Å². The number of carbonyl (C=O) groups is 12. The molecule has 2 fully saturated rings. The Bertz CT molecular complexity index is 3770. The maximum atomic E-state index is 15.8. The van der Waals surface area contributed by atoms with Crippen LogP contribution in [0.15, 0.2) is 109 Å². The quantitative estimate of drug-likeness (QED) is 0.118. The van der Waals surface area contributed by atoms with Gasteiger partial charge in [0.05, 0.1) is 26.1 Å². The Morgan fingerprint density at radius 1 is 0.520 bits per heavy atom. The summed E-state index contributed by atoms with van der Waals surface area (Å²) in [6.07, 6.45) is 2.36. The van der Waals surface area contributed by atoms with Crippen LogP contribution in [0.3, 0.4) is 0 Å². The first-order chi connectivity index (χ1) is 47.4. The summed E-state index contributed by atoms with van der Waals surface area (Å²) in [6, 6.07) is 18.6. The molecule has 0 aliphatic carbocycles. The summed E-state index contributed by atoms with van der Waals surface area (Å²) in [4.78, 5) is 190. The second-order valence-corrected chi connectivity index (χ2v) is 27.6. The van der Waals surface area contributed by atoms with E-state index < -0.39 is 157 Å². The van der Waals surface area contributed by atoms with Gasteiger partial charge in [-0.3, -0.25) is 57.5 Å². The van der Waals surface area contributed by atoms with Gasteiger partial charge in [-0.05, 0) is 84.2 Å². The number of nitrogens with one attached hydrogen (secondary N) is 5. The summed E-state index contributed by atoms with van der Waals surface area (Å²) in [5.41, 5.74) is 3.07. The monoisotopic (exact) mass is 1420 g/mol. The molecule has 9 atom stereocenters. The zero-order valence-electron chi connectivity index (χ0n) is 59.1. The summed E-state index contributed by atoms with van der Waals surface area (Å²) < 4.78 is 0. The lowest BCUT2D eigenvalue weighted by atomic mass is 9.97. The van der Waals surface area contributed by atoms with Gasteiger partial charge in [0, 0.05) is 115 Å². The number of aromatic amines is 1. The molecule has 12 amide bonds. The third-order valence-electron chi connectivity index (χ3n) is 19.1.